The van der Waals surface area contributed by atoms with E-state index < -0.39 is 6.10 Å². The Morgan fingerprint density at radius 2 is 1.44 bits per heavy atom. The third kappa shape index (κ3) is 2.80. The fraction of sp³-hybridized carbons (Fsp3) is 0.294. The van der Waals surface area contributed by atoms with E-state index in [1.165, 1.54) is 16.7 Å². The Kier molecular flexibility index (Phi) is 3.83. The predicted octanol–water partition coefficient (Wildman–Crippen LogP) is 4.53. The van der Waals surface area contributed by atoms with Crippen LogP contribution in [0, 0.1) is 0 Å². The average molecular weight is 240 g/mol. The molecule has 0 fully saturated rings. The minimum Gasteiger partial charge on any atom is -0.389 e. The highest BCUT2D eigenvalue weighted by atomic mass is 16.3. The van der Waals surface area contributed by atoms with Gasteiger partial charge in [-0.15, -0.1) is 0 Å². The van der Waals surface area contributed by atoms with Crippen molar-refractivity contribution in [2.45, 2.75) is 32.8 Å². The first kappa shape index (κ1) is 12.8. The monoisotopic (exact) mass is 240 g/mol. The molecule has 1 N–H and O–H groups in total. The molecular formula is C17H20O. The van der Waals surface area contributed by atoms with Crippen LogP contribution < -0.4 is 0 Å². The van der Waals surface area contributed by atoms with Crippen molar-refractivity contribution in [2.75, 3.05) is 0 Å². The van der Waals surface area contributed by atoms with E-state index in [-0.39, 0.29) is 0 Å². The van der Waals surface area contributed by atoms with Gasteiger partial charge in [0.2, 0.25) is 0 Å². The third-order valence-corrected chi connectivity index (χ3v) is 3.28. The van der Waals surface area contributed by atoms with E-state index in [0.717, 1.165) is 5.56 Å². The summed E-state index contributed by atoms with van der Waals surface area (Å²) in [4.78, 5) is 0. The molecule has 0 aliphatic carbocycles. The minimum absolute atomic E-state index is 0.402. The number of rotatable bonds is 3. The van der Waals surface area contributed by atoms with E-state index in [4.69, 9.17) is 0 Å². The fourth-order valence-corrected chi connectivity index (χ4v) is 2.03. The topological polar surface area (TPSA) is 20.2 Å². The maximum absolute atomic E-state index is 9.50. The highest BCUT2D eigenvalue weighted by Crippen LogP contribution is 2.25. The van der Waals surface area contributed by atoms with Crippen molar-refractivity contribution in [2.24, 2.45) is 0 Å². The van der Waals surface area contributed by atoms with Gasteiger partial charge in [0, 0.05) is 0 Å². The largest absolute Gasteiger partial charge is 0.389 e. The van der Waals surface area contributed by atoms with Crippen molar-refractivity contribution in [1.82, 2.24) is 0 Å². The summed E-state index contributed by atoms with van der Waals surface area (Å²) < 4.78 is 0. The molecule has 0 bridgehead atoms. The van der Waals surface area contributed by atoms with Gasteiger partial charge < -0.3 is 5.11 Å². The van der Waals surface area contributed by atoms with Gasteiger partial charge in [-0.1, -0.05) is 62.4 Å². The molecule has 0 amide bonds. The second-order valence-corrected chi connectivity index (χ2v) is 5.08. The molecule has 0 radical (unpaired) electrons. The van der Waals surface area contributed by atoms with Crippen LogP contribution in [0.1, 0.15) is 43.9 Å². The van der Waals surface area contributed by atoms with Gasteiger partial charge in [0.1, 0.15) is 0 Å². The van der Waals surface area contributed by atoms with Crippen LogP contribution in [-0.4, -0.2) is 5.11 Å². The summed E-state index contributed by atoms with van der Waals surface area (Å²) in [5.74, 6) is 0.543. The summed E-state index contributed by atoms with van der Waals surface area (Å²) in [5, 5.41) is 9.50. The molecule has 0 spiro atoms. The van der Waals surface area contributed by atoms with Crippen LogP contribution in [0.5, 0.6) is 0 Å². The summed E-state index contributed by atoms with van der Waals surface area (Å²) >= 11 is 0. The summed E-state index contributed by atoms with van der Waals surface area (Å²) in [5.41, 5.74) is 4.74. The summed E-state index contributed by atoms with van der Waals surface area (Å²) in [6, 6.07) is 16.8. The summed E-state index contributed by atoms with van der Waals surface area (Å²) in [6.07, 6.45) is -0.402. The van der Waals surface area contributed by atoms with Crippen LogP contribution in [0.25, 0.3) is 11.1 Å². The van der Waals surface area contributed by atoms with Crippen LogP contribution >= 0.6 is 0 Å². The molecule has 1 heteroatoms. The second kappa shape index (κ2) is 5.36. The lowest BCUT2D eigenvalue weighted by Crippen LogP contribution is -1.91. The average Bonchev–Trinajstić information content (AvgIpc) is 2.39. The molecule has 1 nitrogen and oxygen atoms in total. The Labute approximate surface area is 109 Å². The van der Waals surface area contributed by atoms with E-state index in [1.54, 1.807) is 6.92 Å². The zero-order chi connectivity index (χ0) is 13.1. The van der Waals surface area contributed by atoms with Crippen molar-refractivity contribution in [3.63, 3.8) is 0 Å². The number of aliphatic hydroxyl groups is 1. The van der Waals surface area contributed by atoms with Gasteiger partial charge in [-0.25, -0.2) is 0 Å². The Bertz CT molecular complexity index is 509. The van der Waals surface area contributed by atoms with Crippen LogP contribution in [0.15, 0.2) is 48.5 Å². The van der Waals surface area contributed by atoms with E-state index >= 15 is 0 Å². The van der Waals surface area contributed by atoms with Crippen LogP contribution in [0.4, 0.5) is 0 Å². The lowest BCUT2D eigenvalue weighted by atomic mass is 9.96. The maximum atomic E-state index is 9.50. The Morgan fingerprint density at radius 3 is 2.00 bits per heavy atom. The number of hydrogen-bond acceptors (Lipinski definition) is 1. The molecule has 2 rings (SSSR count). The zero-order valence-corrected chi connectivity index (χ0v) is 11.2. The van der Waals surface area contributed by atoms with E-state index in [9.17, 15) is 5.11 Å². The van der Waals surface area contributed by atoms with Crippen molar-refractivity contribution < 1.29 is 5.11 Å². The van der Waals surface area contributed by atoms with Gasteiger partial charge >= 0.3 is 0 Å². The van der Waals surface area contributed by atoms with E-state index in [1.807, 2.05) is 12.1 Å². The Morgan fingerprint density at radius 1 is 0.778 bits per heavy atom. The van der Waals surface area contributed by atoms with Gasteiger partial charge in [-0.05, 0) is 35.1 Å². The smallest absolute Gasteiger partial charge is 0.0761 e. The first-order chi connectivity index (χ1) is 8.58. The van der Waals surface area contributed by atoms with Gasteiger partial charge in [-0.3, -0.25) is 0 Å². The SMILES string of the molecule is CC(C)c1cccc(-c2ccc(C(C)O)cc2)c1. The number of benzene rings is 2. The summed E-state index contributed by atoms with van der Waals surface area (Å²) in [7, 11) is 0. The lowest BCUT2D eigenvalue weighted by Gasteiger charge is -2.10. The van der Waals surface area contributed by atoms with Gasteiger partial charge in [0.05, 0.1) is 6.10 Å². The Balaban J connectivity index is 2.33. The molecule has 2 aromatic rings. The van der Waals surface area contributed by atoms with Crippen LogP contribution in [-0.2, 0) is 0 Å². The van der Waals surface area contributed by atoms with Crippen molar-refractivity contribution >= 4 is 0 Å². The molecule has 0 saturated carbocycles. The molecule has 2 aromatic carbocycles. The molecular weight excluding hydrogens is 220 g/mol. The van der Waals surface area contributed by atoms with Crippen LogP contribution in [0.3, 0.4) is 0 Å². The second-order valence-electron chi connectivity index (χ2n) is 5.08. The molecule has 18 heavy (non-hydrogen) atoms. The number of aliphatic hydroxyl groups excluding tert-OH is 1. The standard InChI is InChI=1S/C17H20O/c1-12(2)16-5-4-6-17(11-16)15-9-7-14(8-10-15)13(3)18/h4-13,18H,1-3H3. The summed E-state index contributed by atoms with van der Waals surface area (Å²) in [6.45, 7) is 6.19. The quantitative estimate of drug-likeness (QED) is 0.835. The molecule has 0 aliphatic rings. The van der Waals surface area contributed by atoms with E-state index in [0.29, 0.717) is 5.92 Å². The third-order valence-electron chi connectivity index (χ3n) is 3.28. The molecule has 0 saturated heterocycles. The first-order valence-corrected chi connectivity index (χ1v) is 6.46. The molecule has 0 aromatic heterocycles. The highest BCUT2D eigenvalue weighted by Gasteiger charge is 2.04. The van der Waals surface area contributed by atoms with Crippen LogP contribution in [0.2, 0.25) is 0 Å². The number of hydrogen-bond donors (Lipinski definition) is 1. The minimum atomic E-state index is -0.402. The Hall–Kier alpha value is -1.60. The van der Waals surface area contributed by atoms with Crippen molar-refractivity contribution in [3.05, 3.63) is 59.7 Å². The molecule has 0 heterocycles. The van der Waals surface area contributed by atoms with Gasteiger partial charge in [-0.2, -0.15) is 0 Å². The normalized spacial score (nSPS) is 12.7. The molecule has 0 aliphatic heterocycles. The maximum Gasteiger partial charge on any atom is 0.0761 e. The molecule has 1 atom stereocenters. The highest BCUT2D eigenvalue weighted by molar-refractivity contribution is 5.64. The lowest BCUT2D eigenvalue weighted by molar-refractivity contribution is 0.199. The van der Waals surface area contributed by atoms with Gasteiger partial charge in [0.15, 0.2) is 0 Å². The molecule has 94 valence electrons. The zero-order valence-electron chi connectivity index (χ0n) is 11.2. The molecule has 1 unspecified atom stereocenters. The van der Waals surface area contributed by atoms with Crippen molar-refractivity contribution in [1.29, 1.82) is 0 Å². The fourth-order valence-electron chi connectivity index (χ4n) is 2.03. The van der Waals surface area contributed by atoms with E-state index in [2.05, 4.69) is 50.2 Å². The predicted molar refractivity (Wildman–Crippen MR) is 76.6 cm³/mol. The first-order valence-electron chi connectivity index (χ1n) is 6.46. The van der Waals surface area contributed by atoms with Crippen molar-refractivity contribution in [3.8, 4) is 11.1 Å². The van der Waals surface area contributed by atoms with Gasteiger partial charge in [0.25, 0.3) is 0 Å².